The molecule has 3 heteroatoms. The molecule has 0 radical (unpaired) electrons. The van der Waals surface area contributed by atoms with E-state index in [0.717, 1.165) is 24.5 Å². The summed E-state index contributed by atoms with van der Waals surface area (Å²) >= 11 is 1.84. The third-order valence-electron chi connectivity index (χ3n) is 3.34. The third-order valence-corrected chi connectivity index (χ3v) is 4.33. The van der Waals surface area contributed by atoms with E-state index in [-0.39, 0.29) is 6.10 Å². The molecule has 0 aromatic carbocycles. The minimum atomic E-state index is -0.105. The largest absolute Gasteiger partial charge is 0.369 e. The third kappa shape index (κ3) is 2.31. The summed E-state index contributed by atoms with van der Waals surface area (Å²) in [6.07, 6.45) is 4.37. The highest BCUT2D eigenvalue weighted by molar-refractivity contribution is 7.99. The molecule has 1 saturated carbocycles. The van der Waals surface area contributed by atoms with Crippen molar-refractivity contribution in [2.45, 2.75) is 38.7 Å². The molecule has 0 amide bonds. The number of hydrogen-bond acceptors (Lipinski definition) is 3. The lowest BCUT2D eigenvalue weighted by atomic mass is 9.67. The molecule has 0 spiro atoms. The van der Waals surface area contributed by atoms with Crippen LogP contribution in [0, 0.1) is 5.41 Å². The average Bonchev–Trinajstić information content (AvgIpc) is 2.17. The number of ether oxygens (including phenoxy) is 1. The minimum Gasteiger partial charge on any atom is -0.369 e. The second-order valence-corrected chi connectivity index (χ2v) is 5.89. The van der Waals surface area contributed by atoms with Crippen molar-refractivity contribution in [3.05, 3.63) is 0 Å². The number of carbonyl (C=O) groups excluding carboxylic acids is 1. The van der Waals surface area contributed by atoms with Crippen LogP contribution in [0.15, 0.2) is 0 Å². The van der Waals surface area contributed by atoms with Crippen molar-refractivity contribution in [3.8, 4) is 0 Å². The van der Waals surface area contributed by atoms with Gasteiger partial charge in [0.25, 0.3) is 0 Å². The first kappa shape index (κ1) is 10.5. The van der Waals surface area contributed by atoms with E-state index in [1.54, 1.807) is 0 Å². The van der Waals surface area contributed by atoms with Crippen LogP contribution in [0.1, 0.15) is 32.6 Å². The van der Waals surface area contributed by atoms with E-state index < -0.39 is 0 Å². The summed E-state index contributed by atoms with van der Waals surface area (Å²) in [5, 5.41) is 0. The Balaban J connectivity index is 1.81. The molecule has 0 N–H and O–H groups in total. The summed E-state index contributed by atoms with van der Waals surface area (Å²) in [6.45, 7) is 2.97. The van der Waals surface area contributed by atoms with Gasteiger partial charge in [0.15, 0.2) is 5.78 Å². The van der Waals surface area contributed by atoms with Gasteiger partial charge in [-0.25, -0.2) is 0 Å². The van der Waals surface area contributed by atoms with Gasteiger partial charge in [0.05, 0.1) is 6.61 Å². The molecule has 1 aliphatic carbocycles. The quantitative estimate of drug-likeness (QED) is 0.721. The molecule has 0 aromatic rings. The Kier molecular flexibility index (Phi) is 3.17. The van der Waals surface area contributed by atoms with E-state index in [0.29, 0.717) is 11.2 Å². The van der Waals surface area contributed by atoms with Crippen molar-refractivity contribution in [1.82, 2.24) is 0 Å². The van der Waals surface area contributed by atoms with Crippen LogP contribution >= 0.6 is 11.8 Å². The molecule has 2 nitrogen and oxygen atoms in total. The van der Waals surface area contributed by atoms with E-state index in [4.69, 9.17) is 4.74 Å². The van der Waals surface area contributed by atoms with Gasteiger partial charge in [0, 0.05) is 17.9 Å². The van der Waals surface area contributed by atoms with Crippen LogP contribution in [0.4, 0.5) is 0 Å². The van der Waals surface area contributed by atoms with Crippen LogP contribution in [-0.4, -0.2) is 30.0 Å². The molecular formula is C11H18O2S. The van der Waals surface area contributed by atoms with E-state index >= 15 is 0 Å². The summed E-state index contributed by atoms with van der Waals surface area (Å²) in [6, 6.07) is 0. The molecule has 1 saturated heterocycles. The first-order chi connectivity index (χ1) is 6.70. The van der Waals surface area contributed by atoms with Crippen LogP contribution in [0.3, 0.4) is 0 Å². The van der Waals surface area contributed by atoms with Gasteiger partial charge < -0.3 is 4.74 Å². The Labute approximate surface area is 89.8 Å². The van der Waals surface area contributed by atoms with Crippen molar-refractivity contribution >= 4 is 17.5 Å². The molecule has 1 heterocycles. The molecule has 80 valence electrons. The van der Waals surface area contributed by atoms with Gasteiger partial charge >= 0.3 is 0 Å². The van der Waals surface area contributed by atoms with E-state index in [1.807, 2.05) is 11.8 Å². The fourth-order valence-electron chi connectivity index (χ4n) is 2.17. The fraction of sp³-hybridized carbons (Fsp3) is 0.909. The Bertz CT molecular complexity index is 217. The predicted molar refractivity (Wildman–Crippen MR) is 58.6 cm³/mol. The highest BCUT2D eigenvalue weighted by Gasteiger charge is 2.36. The van der Waals surface area contributed by atoms with Gasteiger partial charge in [-0.3, -0.25) is 4.79 Å². The Morgan fingerprint density at radius 1 is 1.57 bits per heavy atom. The number of rotatable bonds is 3. The molecule has 1 unspecified atom stereocenters. The molecule has 1 aliphatic heterocycles. The summed E-state index contributed by atoms with van der Waals surface area (Å²) in [5.41, 5.74) is 0.308. The second kappa shape index (κ2) is 4.23. The van der Waals surface area contributed by atoms with Crippen molar-refractivity contribution in [2.24, 2.45) is 5.41 Å². The normalized spacial score (nSPS) is 30.8. The standard InChI is InChI=1S/C11H18O2S/c1-11(3-2-4-11)7-9(12)10-8-14-6-5-13-10/h10H,2-8H2,1H3. The Morgan fingerprint density at radius 2 is 2.36 bits per heavy atom. The fourth-order valence-corrected chi connectivity index (χ4v) is 3.04. The molecule has 0 aromatic heterocycles. The smallest absolute Gasteiger partial charge is 0.162 e. The van der Waals surface area contributed by atoms with E-state index in [1.165, 1.54) is 19.3 Å². The number of hydrogen-bond donors (Lipinski definition) is 0. The van der Waals surface area contributed by atoms with Crippen LogP contribution in [-0.2, 0) is 9.53 Å². The van der Waals surface area contributed by atoms with Gasteiger partial charge in [-0.1, -0.05) is 13.3 Å². The highest BCUT2D eigenvalue weighted by Crippen LogP contribution is 2.43. The average molecular weight is 214 g/mol. The molecule has 14 heavy (non-hydrogen) atoms. The summed E-state index contributed by atoms with van der Waals surface area (Å²) in [4.78, 5) is 11.9. The molecule has 2 aliphatic rings. The van der Waals surface area contributed by atoms with Crippen molar-refractivity contribution in [2.75, 3.05) is 18.1 Å². The maximum atomic E-state index is 11.9. The van der Waals surface area contributed by atoms with Crippen LogP contribution in [0.5, 0.6) is 0 Å². The summed E-state index contributed by atoms with van der Waals surface area (Å²) in [7, 11) is 0. The summed E-state index contributed by atoms with van der Waals surface area (Å²) in [5.74, 6) is 2.25. The van der Waals surface area contributed by atoms with E-state index in [2.05, 4.69) is 6.92 Å². The first-order valence-corrected chi connectivity index (χ1v) is 6.57. The maximum Gasteiger partial charge on any atom is 0.162 e. The number of Topliss-reactive ketones (excluding diaryl/α,β-unsaturated/α-hetero) is 1. The van der Waals surface area contributed by atoms with Crippen molar-refractivity contribution in [1.29, 1.82) is 0 Å². The molecule has 1 atom stereocenters. The number of thioether (sulfide) groups is 1. The lowest BCUT2D eigenvalue weighted by Gasteiger charge is -2.38. The zero-order valence-corrected chi connectivity index (χ0v) is 9.57. The van der Waals surface area contributed by atoms with Crippen molar-refractivity contribution < 1.29 is 9.53 Å². The monoisotopic (exact) mass is 214 g/mol. The maximum absolute atomic E-state index is 11.9. The van der Waals surface area contributed by atoms with Gasteiger partial charge in [0.2, 0.25) is 0 Å². The van der Waals surface area contributed by atoms with Crippen LogP contribution < -0.4 is 0 Å². The molecular weight excluding hydrogens is 196 g/mol. The zero-order valence-electron chi connectivity index (χ0n) is 8.75. The van der Waals surface area contributed by atoms with Gasteiger partial charge in [-0.15, -0.1) is 0 Å². The lowest BCUT2D eigenvalue weighted by Crippen LogP contribution is -2.37. The second-order valence-electron chi connectivity index (χ2n) is 4.74. The van der Waals surface area contributed by atoms with Gasteiger partial charge in [-0.2, -0.15) is 11.8 Å². The summed E-state index contributed by atoms with van der Waals surface area (Å²) < 4.78 is 5.48. The van der Waals surface area contributed by atoms with Crippen molar-refractivity contribution in [3.63, 3.8) is 0 Å². The van der Waals surface area contributed by atoms with Gasteiger partial charge in [0.1, 0.15) is 6.10 Å². The number of carbonyl (C=O) groups is 1. The Hall–Kier alpha value is -0.0200. The molecule has 2 rings (SSSR count). The Morgan fingerprint density at radius 3 is 2.86 bits per heavy atom. The lowest BCUT2D eigenvalue weighted by molar-refractivity contribution is -0.132. The van der Waals surface area contributed by atoms with Gasteiger partial charge in [-0.05, 0) is 18.3 Å². The first-order valence-electron chi connectivity index (χ1n) is 5.42. The molecule has 2 fully saturated rings. The van der Waals surface area contributed by atoms with E-state index in [9.17, 15) is 4.79 Å². The van der Waals surface area contributed by atoms with Crippen LogP contribution in [0.25, 0.3) is 0 Å². The minimum absolute atomic E-state index is 0.105. The predicted octanol–water partition coefficient (Wildman–Crippen LogP) is 2.27. The SMILES string of the molecule is CC1(CC(=O)C2CSCCO2)CCC1. The van der Waals surface area contributed by atoms with Crippen LogP contribution in [0.2, 0.25) is 0 Å². The zero-order chi connectivity index (χ0) is 10.0. The number of ketones is 1. The topological polar surface area (TPSA) is 26.3 Å². The highest BCUT2D eigenvalue weighted by atomic mass is 32.2. The molecule has 0 bridgehead atoms.